The maximum Gasteiger partial charge on any atom is 0.266 e. The Morgan fingerprint density at radius 2 is 1.82 bits per heavy atom. The van der Waals surface area contributed by atoms with Gasteiger partial charge in [-0.2, -0.15) is 0 Å². The monoisotopic (exact) mass is 395 g/mol. The molecule has 0 radical (unpaired) electrons. The quantitative estimate of drug-likeness (QED) is 0.809. The van der Waals surface area contributed by atoms with E-state index in [1.54, 1.807) is 30.1 Å². The lowest BCUT2D eigenvalue weighted by Gasteiger charge is -2.26. The van der Waals surface area contributed by atoms with E-state index in [0.717, 1.165) is 10.5 Å². The number of rotatable bonds is 3. The molecule has 142 valence electrons. The van der Waals surface area contributed by atoms with Crippen LogP contribution >= 0.6 is 11.6 Å². The van der Waals surface area contributed by atoms with E-state index in [1.807, 2.05) is 31.2 Å². The molecule has 0 bridgehead atoms. The van der Waals surface area contributed by atoms with Crippen LogP contribution in [0.25, 0.3) is 0 Å². The van der Waals surface area contributed by atoms with E-state index < -0.39 is 17.9 Å². The van der Waals surface area contributed by atoms with E-state index in [2.05, 4.69) is 5.43 Å². The van der Waals surface area contributed by atoms with Gasteiger partial charge in [0.05, 0.1) is 16.9 Å². The summed E-state index contributed by atoms with van der Waals surface area (Å²) in [7, 11) is 0. The van der Waals surface area contributed by atoms with Gasteiger partial charge < -0.3 is 0 Å². The van der Waals surface area contributed by atoms with Crippen molar-refractivity contribution in [1.82, 2.24) is 5.43 Å². The van der Waals surface area contributed by atoms with Crippen molar-refractivity contribution < 1.29 is 14.4 Å². The van der Waals surface area contributed by atoms with Crippen LogP contribution in [0.4, 0.5) is 11.4 Å². The molecule has 2 aromatic rings. The smallest absolute Gasteiger partial charge is 0.266 e. The minimum Gasteiger partial charge on any atom is -0.293 e. The van der Waals surface area contributed by atoms with Crippen LogP contribution in [-0.2, 0) is 14.4 Å². The molecule has 1 saturated heterocycles. The number of fused-ring (bicyclic) bond motifs is 1. The molecule has 4 rings (SSSR count). The van der Waals surface area contributed by atoms with Gasteiger partial charge in [0.1, 0.15) is 5.70 Å². The molecular formula is C21H18ClN3O3. The number of benzene rings is 2. The SMILES string of the molecule is CC(=O)C1=C2C(=O)N(c3cccc(Cl)c3C)C(=O)[C@@H]2N(c2cccc(C)c2)N1. The molecule has 2 aromatic carbocycles. The molecule has 0 aliphatic carbocycles. The predicted octanol–water partition coefficient (Wildman–Crippen LogP) is 3.07. The van der Waals surface area contributed by atoms with Gasteiger partial charge in [-0.25, -0.2) is 4.90 Å². The number of hydrazine groups is 1. The minimum atomic E-state index is -0.911. The number of carbonyl (C=O) groups is 3. The summed E-state index contributed by atoms with van der Waals surface area (Å²) < 4.78 is 0. The van der Waals surface area contributed by atoms with Gasteiger partial charge in [-0.3, -0.25) is 24.8 Å². The molecular weight excluding hydrogens is 378 g/mol. The van der Waals surface area contributed by atoms with Crippen LogP contribution in [-0.4, -0.2) is 23.6 Å². The zero-order valence-electron chi connectivity index (χ0n) is 15.6. The molecule has 2 heterocycles. The summed E-state index contributed by atoms with van der Waals surface area (Å²) in [6.07, 6.45) is 0. The third-order valence-electron chi connectivity index (χ3n) is 5.03. The number of hydrogen-bond acceptors (Lipinski definition) is 5. The van der Waals surface area contributed by atoms with E-state index in [-0.39, 0.29) is 17.1 Å². The Morgan fingerprint density at radius 3 is 2.50 bits per heavy atom. The number of nitrogens with one attached hydrogen (secondary N) is 1. The first-order valence-electron chi connectivity index (χ1n) is 8.82. The van der Waals surface area contributed by atoms with E-state index in [4.69, 9.17) is 11.6 Å². The number of ketones is 1. The Hall–Kier alpha value is -3.12. The van der Waals surface area contributed by atoms with Crippen LogP contribution < -0.4 is 15.3 Å². The molecule has 28 heavy (non-hydrogen) atoms. The van der Waals surface area contributed by atoms with E-state index in [9.17, 15) is 14.4 Å². The average Bonchev–Trinajstić information content (AvgIpc) is 3.16. The van der Waals surface area contributed by atoms with Gasteiger partial charge in [0, 0.05) is 11.9 Å². The van der Waals surface area contributed by atoms with Gasteiger partial charge in [-0.15, -0.1) is 0 Å². The molecule has 0 saturated carbocycles. The Morgan fingerprint density at radius 1 is 1.11 bits per heavy atom. The largest absolute Gasteiger partial charge is 0.293 e. The zero-order chi connectivity index (χ0) is 20.2. The highest BCUT2D eigenvalue weighted by Crippen LogP contribution is 2.38. The number of amides is 2. The first-order chi connectivity index (χ1) is 13.3. The van der Waals surface area contributed by atoms with Crippen LogP contribution in [0.5, 0.6) is 0 Å². The highest BCUT2D eigenvalue weighted by atomic mass is 35.5. The number of anilines is 2. The summed E-state index contributed by atoms with van der Waals surface area (Å²) in [4.78, 5) is 39.9. The van der Waals surface area contributed by atoms with Crippen molar-refractivity contribution >= 4 is 40.6 Å². The molecule has 6 nitrogen and oxygen atoms in total. The number of carbonyl (C=O) groups excluding carboxylic acids is 3. The molecule has 2 aliphatic rings. The standard InChI is InChI=1S/C21H18ClN3O3/c1-11-6-4-7-14(10-11)25-19-17(18(23-25)13(3)26)20(27)24(21(19)28)16-9-5-8-15(22)12(16)2/h4-10,19,23H,1-3H3/t19-/m1/s1. The molecule has 2 amide bonds. The number of allylic oxidation sites excluding steroid dienone is 1. The van der Waals surface area contributed by atoms with Crippen molar-refractivity contribution in [3.8, 4) is 0 Å². The van der Waals surface area contributed by atoms with Gasteiger partial charge in [-0.05, 0) is 49.2 Å². The number of hydrogen-bond donors (Lipinski definition) is 1. The Balaban J connectivity index is 1.86. The van der Waals surface area contributed by atoms with Crippen molar-refractivity contribution in [2.24, 2.45) is 0 Å². The number of aryl methyl sites for hydroxylation is 1. The highest BCUT2D eigenvalue weighted by Gasteiger charge is 2.53. The number of Topliss-reactive ketones (excluding diaryl/α,β-unsaturated/α-hetero) is 1. The van der Waals surface area contributed by atoms with Crippen molar-refractivity contribution in [2.75, 3.05) is 9.91 Å². The summed E-state index contributed by atoms with van der Waals surface area (Å²) in [6.45, 7) is 5.06. The fourth-order valence-electron chi connectivity index (χ4n) is 3.64. The Kier molecular flexibility index (Phi) is 4.23. The minimum absolute atomic E-state index is 0.145. The summed E-state index contributed by atoms with van der Waals surface area (Å²) in [5.74, 6) is -1.23. The van der Waals surface area contributed by atoms with Gasteiger partial charge in [-0.1, -0.05) is 29.8 Å². The second-order valence-corrected chi connectivity index (χ2v) is 7.34. The lowest BCUT2D eigenvalue weighted by Crippen LogP contribution is -2.46. The van der Waals surface area contributed by atoms with Gasteiger partial charge in [0.15, 0.2) is 11.8 Å². The van der Waals surface area contributed by atoms with Gasteiger partial charge in [0.25, 0.3) is 11.8 Å². The molecule has 2 aliphatic heterocycles. The lowest BCUT2D eigenvalue weighted by atomic mass is 10.1. The molecule has 7 heteroatoms. The fourth-order valence-corrected chi connectivity index (χ4v) is 3.81. The molecule has 1 fully saturated rings. The second-order valence-electron chi connectivity index (χ2n) is 6.93. The van der Waals surface area contributed by atoms with Crippen LogP contribution in [0.2, 0.25) is 5.02 Å². The molecule has 0 spiro atoms. The third-order valence-corrected chi connectivity index (χ3v) is 5.44. The van der Waals surface area contributed by atoms with Crippen molar-refractivity contribution in [3.63, 3.8) is 0 Å². The fraction of sp³-hybridized carbons (Fsp3) is 0.190. The van der Waals surface area contributed by atoms with Crippen molar-refractivity contribution in [3.05, 3.63) is 69.9 Å². The predicted molar refractivity (Wildman–Crippen MR) is 107 cm³/mol. The van der Waals surface area contributed by atoms with Crippen molar-refractivity contribution in [1.29, 1.82) is 0 Å². The van der Waals surface area contributed by atoms with Crippen LogP contribution in [0.3, 0.4) is 0 Å². The topological polar surface area (TPSA) is 69.7 Å². The van der Waals surface area contributed by atoms with E-state index in [0.29, 0.717) is 22.0 Å². The molecule has 1 N–H and O–H groups in total. The van der Waals surface area contributed by atoms with E-state index in [1.165, 1.54) is 6.92 Å². The maximum absolute atomic E-state index is 13.3. The number of nitrogens with zero attached hydrogens (tertiary/aromatic N) is 2. The van der Waals surface area contributed by atoms with E-state index >= 15 is 0 Å². The third kappa shape index (κ3) is 2.60. The van der Waals surface area contributed by atoms with Crippen LogP contribution in [0.1, 0.15) is 18.1 Å². The summed E-state index contributed by atoms with van der Waals surface area (Å²) in [6, 6.07) is 11.7. The highest BCUT2D eigenvalue weighted by molar-refractivity contribution is 6.36. The molecule has 0 aromatic heterocycles. The van der Waals surface area contributed by atoms with Crippen LogP contribution in [0.15, 0.2) is 53.7 Å². The van der Waals surface area contributed by atoms with Crippen LogP contribution in [0, 0.1) is 13.8 Å². The summed E-state index contributed by atoms with van der Waals surface area (Å²) >= 11 is 6.19. The van der Waals surface area contributed by atoms with Gasteiger partial charge in [0.2, 0.25) is 0 Å². The Labute approximate surface area is 167 Å². The summed E-state index contributed by atoms with van der Waals surface area (Å²) in [5, 5.41) is 2.05. The summed E-state index contributed by atoms with van der Waals surface area (Å²) in [5.41, 5.74) is 6.03. The number of halogens is 1. The second kappa shape index (κ2) is 6.49. The average molecular weight is 396 g/mol. The maximum atomic E-state index is 13.3. The first kappa shape index (κ1) is 18.3. The molecule has 1 atom stereocenters. The lowest BCUT2D eigenvalue weighted by molar-refractivity contribution is -0.121. The molecule has 0 unspecified atom stereocenters. The normalized spacial score (nSPS) is 18.6. The first-order valence-corrected chi connectivity index (χ1v) is 9.20. The zero-order valence-corrected chi connectivity index (χ0v) is 16.4. The van der Waals surface area contributed by atoms with Gasteiger partial charge >= 0.3 is 0 Å². The van der Waals surface area contributed by atoms with Crippen molar-refractivity contribution in [2.45, 2.75) is 26.8 Å². The number of imide groups is 1. The Bertz CT molecular complexity index is 1080.